The normalized spacial score (nSPS) is 9.21. The van der Waals surface area contributed by atoms with Crippen LogP contribution in [0.25, 0.3) is 0 Å². The van der Waals surface area contributed by atoms with E-state index in [-0.39, 0.29) is 0 Å². The average molecular weight is 192 g/mol. The Balaban J connectivity index is 0.000000791. The summed E-state index contributed by atoms with van der Waals surface area (Å²) in [6.45, 7) is 10.6. The molecule has 0 N–H and O–H groups in total. The third-order valence-corrected chi connectivity index (χ3v) is 2.33. The van der Waals surface area contributed by atoms with Crippen molar-refractivity contribution in [1.29, 1.82) is 0 Å². The van der Waals surface area contributed by atoms with Gasteiger partial charge < -0.3 is 0 Å². The van der Waals surface area contributed by atoms with Crippen molar-refractivity contribution in [3.63, 3.8) is 0 Å². The molecule has 0 saturated heterocycles. The number of aryl methyl sites for hydroxylation is 3. The molecule has 80 valence electrons. The van der Waals surface area contributed by atoms with Gasteiger partial charge in [-0.25, -0.2) is 0 Å². The van der Waals surface area contributed by atoms with E-state index in [2.05, 4.69) is 39.0 Å². The van der Waals surface area contributed by atoms with Crippen molar-refractivity contribution in [2.75, 3.05) is 0 Å². The van der Waals surface area contributed by atoms with E-state index in [1.54, 1.807) is 0 Å². The number of hydrogen-bond acceptors (Lipinski definition) is 0. The maximum absolute atomic E-state index is 2.35. The number of hydrogen-bond donors (Lipinski definition) is 0. The first-order valence-corrected chi connectivity index (χ1v) is 5.86. The lowest BCUT2D eigenvalue weighted by atomic mass is 10.0. The molecule has 0 aromatic heterocycles. The van der Waals surface area contributed by atoms with Crippen LogP contribution in [0.2, 0.25) is 0 Å². The van der Waals surface area contributed by atoms with Crippen molar-refractivity contribution in [2.45, 2.75) is 53.9 Å². The van der Waals surface area contributed by atoms with Crippen LogP contribution >= 0.6 is 0 Å². The Hall–Kier alpha value is -0.780. The first-order valence-electron chi connectivity index (χ1n) is 5.86. The minimum absolute atomic E-state index is 1.16. The molecule has 14 heavy (non-hydrogen) atoms. The summed E-state index contributed by atoms with van der Waals surface area (Å²) >= 11 is 0. The molecule has 0 atom stereocenters. The second-order valence-corrected chi connectivity index (χ2v) is 3.36. The van der Waals surface area contributed by atoms with Gasteiger partial charge in [0.2, 0.25) is 0 Å². The van der Waals surface area contributed by atoms with E-state index < -0.39 is 0 Å². The van der Waals surface area contributed by atoms with E-state index in [0.717, 1.165) is 6.42 Å². The minimum atomic E-state index is 1.16. The van der Waals surface area contributed by atoms with Gasteiger partial charge in [-0.15, -0.1) is 0 Å². The molecule has 0 heteroatoms. The molecule has 0 aliphatic carbocycles. The van der Waals surface area contributed by atoms with E-state index in [9.17, 15) is 0 Å². The Morgan fingerprint density at radius 3 is 2.21 bits per heavy atom. The Labute approximate surface area is 89.4 Å². The minimum Gasteiger partial charge on any atom is -0.0683 e. The van der Waals surface area contributed by atoms with E-state index in [4.69, 9.17) is 0 Å². The van der Waals surface area contributed by atoms with Crippen LogP contribution in [-0.2, 0) is 12.8 Å². The molecule has 0 aliphatic heterocycles. The van der Waals surface area contributed by atoms with Crippen LogP contribution in [0.15, 0.2) is 18.2 Å². The van der Waals surface area contributed by atoms with Crippen molar-refractivity contribution < 1.29 is 0 Å². The predicted octanol–water partition coefficient (Wildman–Crippen LogP) is 4.54. The summed E-state index contributed by atoms with van der Waals surface area (Å²) in [4.78, 5) is 0. The molecule has 0 saturated carbocycles. The standard InChI is InChI=1S/C12H18.C2H6/c1-4-6-11-8-7-10(3)12(5-2)9-11;1-2/h7-9H,4-6H2,1-3H3;1-2H3. The lowest BCUT2D eigenvalue weighted by Gasteiger charge is -2.05. The maximum Gasteiger partial charge on any atom is -0.0281 e. The van der Waals surface area contributed by atoms with Gasteiger partial charge >= 0.3 is 0 Å². The molecule has 0 amide bonds. The smallest absolute Gasteiger partial charge is 0.0281 e. The van der Waals surface area contributed by atoms with Crippen LogP contribution in [0.4, 0.5) is 0 Å². The zero-order valence-electron chi connectivity index (χ0n) is 10.4. The summed E-state index contributed by atoms with van der Waals surface area (Å²) in [6.07, 6.45) is 3.61. The summed E-state index contributed by atoms with van der Waals surface area (Å²) in [5.74, 6) is 0. The van der Waals surface area contributed by atoms with Crippen LogP contribution < -0.4 is 0 Å². The monoisotopic (exact) mass is 192 g/mol. The van der Waals surface area contributed by atoms with Crippen molar-refractivity contribution in [2.24, 2.45) is 0 Å². The third-order valence-electron chi connectivity index (χ3n) is 2.33. The Bertz CT molecular complexity index is 248. The van der Waals surface area contributed by atoms with Gasteiger partial charge in [-0.1, -0.05) is 52.3 Å². The molecule has 0 heterocycles. The van der Waals surface area contributed by atoms with Gasteiger partial charge in [-0.05, 0) is 36.5 Å². The third kappa shape index (κ3) is 3.95. The molecule has 0 unspecified atom stereocenters. The van der Waals surface area contributed by atoms with Crippen molar-refractivity contribution >= 4 is 0 Å². The zero-order valence-corrected chi connectivity index (χ0v) is 10.4. The topological polar surface area (TPSA) is 0 Å². The summed E-state index contributed by atoms with van der Waals surface area (Å²) in [6, 6.07) is 6.83. The molecule has 0 radical (unpaired) electrons. The SMILES string of the molecule is CC.CCCc1ccc(C)c(CC)c1. The van der Waals surface area contributed by atoms with E-state index in [1.165, 1.54) is 29.5 Å². The van der Waals surface area contributed by atoms with Gasteiger partial charge in [0.05, 0.1) is 0 Å². The number of benzene rings is 1. The summed E-state index contributed by atoms with van der Waals surface area (Å²) in [5.41, 5.74) is 4.42. The summed E-state index contributed by atoms with van der Waals surface area (Å²) < 4.78 is 0. The number of rotatable bonds is 3. The fraction of sp³-hybridized carbons (Fsp3) is 0.571. The highest BCUT2D eigenvalue weighted by atomic mass is 14.0. The van der Waals surface area contributed by atoms with E-state index in [0.29, 0.717) is 0 Å². The first kappa shape index (κ1) is 13.2. The maximum atomic E-state index is 2.35. The molecule has 1 aromatic carbocycles. The van der Waals surface area contributed by atoms with Gasteiger partial charge in [0.1, 0.15) is 0 Å². The van der Waals surface area contributed by atoms with Gasteiger partial charge in [0, 0.05) is 0 Å². The molecule has 1 aromatic rings. The average Bonchev–Trinajstić information content (AvgIpc) is 2.24. The highest BCUT2D eigenvalue weighted by molar-refractivity contribution is 5.31. The lowest BCUT2D eigenvalue weighted by molar-refractivity contribution is 0.915. The van der Waals surface area contributed by atoms with Gasteiger partial charge in [-0.2, -0.15) is 0 Å². The van der Waals surface area contributed by atoms with E-state index >= 15 is 0 Å². The molecule has 0 bridgehead atoms. The quantitative estimate of drug-likeness (QED) is 0.659. The second kappa shape index (κ2) is 7.61. The van der Waals surface area contributed by atoms with Crippen LogP contribution in [-0.4, -0.2) is 0 Å². The van der Waals surface area contributed by atoms with Crippen molar-refractivity contribution in [1.82, 2.24) is 0 Å². The predicted molar refractivity (Wildman–Crippen MR) is 65.9 cm³/mol. The fourth-order valence-electron chi connectivity index (χ4n) is 1.55. The van der Waals surface area contributed by atoms with Gasteiger partial charge in [-0.3, -0.25) is 0 Å². The fourth-order valence-corrected chi connectivity index (χ4v) is 1.55. The molecule has 0 fully saturated rings. The molecule has 0 nitrogen and oxygen atoms in total. The zero-order chi connectivity index (χ0) is 11.0. The highest BCUT2D eigenvalue weighted by Gasteiger charge is 1.97. The molecular weight excluding hydrogens is 168 g/mol. The van der Waals surface area contributed by atoms with Crippen LogP contribution in [0.1, 0.15) is 50.8 Å². The Morgan fingerprint density at radius 1 is 1.07 bits per heavy atom. The highest BCUT2D eigenvalue weighted by Crippen LogP contribution is 2.12. The van der Waals surface area contributed by atoms with Crippen LogP contribution in [0.3, 0.4) is 0 Å². The molecule has 0 aliphatic rings. The van der Waals surface area contributed by atoms with Gasteiger partial charge in [0.15, 0.2) is 0 Å². The van der Waals surface area contributed by atoms with Crippen LogP contribution in [0.5, 0.6) is 0 Å². The molecule has 0 spiro atoms. The van der Waals surface area contributed by atoms with Crippen molar-refractivity contribution in [3.8, 4) is 0 Å². The lowest BCUT2D eigenvalue weighted by Crippen LogP contribution is -1.90. The molecule has 1 rings (SSSR count). The Morgan fingerprint density at radius 2 is 1.71 bits per heavy atom. The molecular formula is C14H24. The summed E-state index contributed by atoms with van der Waals surface area (Å²) in [7, 11) is 0. The van der Waals surface area contributed by atoms with E-state index in [1.807, 2.05) is 13.8 Å². The largest absolute Gasteiger partial charge is 0.0683 e. The van der Waals surface area contributed by atoms with Crippen LogP contribution in [0, 0.1) is 6.92 Å². The second-order valence-electron chi connectivity index (χ2n) is 3.36. The Kier molecular flexibility index (Phi) is 7.18. The first-order chi connectivity index (χ1) is 6.77. The summed E-state index contributed by atoms with van der Waals surface area (Å²) in [5, 5.41) is 0. The van der Waals surface area contributed by atoms with Crippen molar-refractivity contribution in [3.05, 3.63) is 34.9 Å². The van der Waals surface area contributed by atoms with Gasteiger partial charge in [0.25, 0.3) is 0 Å².